The fourth-order valence-corrected chi connectivity index (χ4v) is 1.46. The summed E-state index contributed by atoms with van der Waals surface area (Å²) < 4.78 is 5.25. The summed E-state index contributed by atoms with van der Waals surface area (Å²) in [6.07, 6.45) is 0. The quantitative estimate of drug-likeness (QED) is 0.399. The predicted octanol–water partition coefficient (Wildman–Crippen LogP) is 0.235. The maximum absolute atomic E-state index is 11.6. The van der Waals surface area contributed by atoms with Crippen LogP contribution in [-0.4, -0.2) is 35.1 Å². The Hall–Kier alpha value is -1.93. The average Bonchev–Trinajstić information content (AvgIpc) is 2.42. The van der Waals surface area contributed by atoms with Gasteiger partial charge in [-0.05, 0) is 20.8 Å². The van der Waals surface area contributed by atoms with Crippen LogP contribution in [-0.2, 0) is 16.1 Å². The minimum absolute atomic E-state index is 0.101. The first-order valence-corrected chi connectivity index (χ1v) is 6.50. The van der Waals surface area contributed by atoms with Crippen LogP contribution in [0, 0.1) is 0 Å². The number of nitrogens with zero attached hydrogens (tertiary/aromatic N) is 2. The molecule has 0 bridgehead atoms. The second-order valence-corrected chi connectivity index (χ2v) is 4.41. The van der Waals surface area contributed by atoms with E-state index in [-0.39, 0.29) is 18.5 Å². The van der Waals surface area contributed by atoms with Gasteiger partial charge in [-0.2, -0.15) is 0 Å². The van der Waals surface area contributed by atoms with Gasteiger partial charge in [0.05, 0.1) is 6.54 Å². The molecule has 8 heteroatoms. The van der Waals surface area contributed by atoms with Crippen molar-refractivity contribution in [2.24, 2.45) is 5.84 Å². The Morgan fingerprint density at radius 2 is 2.10 bits per heavy atom. The highest BCUT2D eigenvalue weighted by Gasteiger charge is 2.07. The van der Waals surface area contributed by atoms with E-state index in [9.17, 15) is 4.79 Å². The number of anilines is 2. The summed E-state index contributed by atoms with van der Waals surface area (Å²) in [5.41, 5.74) is 2.46. The van der Waals surface area contributed by atoms with Crippen LogP contribution in [0.4, 0.5) is 11.6 Å². The van der Waals surface area contributed by atoms with Crippen LogP contribution >= 0.6 is 0 Å². The van der Waals surface area contributed by atoms with Gasteiger partial charge in [-0.25, -0.2) is 15.8 Å². The third kappa shape index (κ3) is 5.81. The molecule has 0 aliphatic carbocycles. The van der Waals surface area contributed by atoms with E-state index in [1.165, 1.54) is 0 Å². The molecule has 5 N–H and O–H groups in total. The molecule has 0 fully saturated rings. The number of carbonyl (C=O) groups is 1. The minimum atomic E-state index is -0.104. The zero-order valence-corrected chi connectivity index (χ0v) is 12.1. The highest BCUT2D eigenvalue weighted by molar-refractivity contribution is 5.80. The van der Waals surface area contributed by atoms with Gasteiger partial charge in [-0.3, -0.25) is 4.79 Å². The molecule has 1 amide bonds. The average molecular weight is 282 g/mol. The van der Waals surface area contributed by atoms with Gasteiger partial charge in [0.2, 0.25) is 5.91 Å². The monoisotopic (exact) mass is 282 g/mol. The zero-order chi connectivity index (χ0) is 15.0. The van der Waals surface area contributed by atoms with Gasteiger partial charge in [0.15, 0.2) is 5.82 Å². The summed E-state index contributed by atoms with van der Waals surface area (Å²) in [5.74, 6) is 6.72. The molecular weight excluding hydrogens is 260 g/mol. The number of nitrogens with two attached hydrogens (primary N) is 1. The first kappa shape index (κ1) is 16.1. The normalized spacial score (nSPS) is 10.4. The molecule has 0 radical (unpaired) electrons. The molecule has 20 heavy (non-hydrogen) atoms. The van der Waals surface area contributed by atoms with E-state index < -0.39 is 0 Å². The Bertz CT molecular complexity index is 438. The fraction of sp³-hybridized carbons (Fsp3) is 0.583. The van der Waals surface area contributed by atoms with E-state index in [2.05, 4.69) is 26.0 Å². The number of rotatable bonds is 8. The molecule has 1 aromatic heterocycles. The molecule has 0 aliphatic heterocycles. The molecule has 0 atom stereocenters. The van der Waals surface area contributed by atoms with Gasteiger partial charge in [0.25, 0.3) is 0 Å². The first-order chi connectivity index (χ1) is 9.55. The van der Waals surface area contributed by atoms with Crippen molar-refractivity contribution < 1.29 is 9.53 Å². The lowest BCUT2D eigenvalue weighted by molar-refractivity contribution is -0.119. The molecule has 0 saturated carbocycles. The Balaban J connectivity index is 2.65. The van der Waals surface area contributed by atoms with Gasteiger partial charge in [-0.15, -0.1) is 0 Å². The maximum atomic E-state index is 11.6. The predicted molar refractivity (Wildman–Crippen MR) is 76.9 cm³/mol. The van der Waals surface area contributed by atoms with E-state index in [0.29, 0.717) is 30.7 Å². The SMILES string of the molecule is CCOCc1nc(NN)cc(NCC(=O)NC(C)C)n1. The highest BCUT2D eigenvalue weighted by Crippen LogP contribution is 2.10. The molecule has 8 nitrogen and oxygen atoms in total. The molecule has 1 aromatic rings. The number of amides is 1. The van der Waals surface area contributed by atoms with Crippen molar-refractivity contribution in [1.82, 2.24) is 15.3 Å². The van der Waals surface area contributed by atoms with Crippen LogP contribution in [0.2, 0.25) is 0 Å². The number of hydrogen-bond acceptors (Lipinski definition) is 7. The third-order valence-electron chi connectivity index (χ3n) is 2.24. The Morgan fingerprint density at radius 3 is 2.70 bits per heavy atom. The van der Waals surface area contributed by atoms with Gasteiger partial charge >= 0.3 is 0 Å². The van der Waals surface area contributed by atoms with Crippen molar-refractivity contribution in [2.45, 2.75) is 33.4 Å². The lowest BCUT2D eigenvalue weighted by atomic mass is 10.4. The summed E-state index contributed by atoms with van der Waals surface area (Å²) in [7, 11) is 0. The fourth-order valence-electron chi connectivity index (χ4n) is 1.46. The minimum Gasteiger partial charge on any atom is -0.374 e. The Labute approximate surface area is 118 Å². The van der Waals surface area contributed by atoms with Crippen LogP contribution < -0.4 is 21.9 Å². The van der Waals surface area contributed by atoms with Gasteiger partial charge in [0.1, 0.15) is 18.2 Å². The summed E-state index contributed by atoms with van der Waals surface area (Å²) in [6.45, 7) is 6.69. The number of hydrogen-bond donors (Lipinski definition) is 4. The number of nitrogens with one attached hydrogen (secondary N) is 3. The largest absolute Gasteiger partial charge is 0.374 e. The van der Waals surface area contributed by atoms with Crippen molar-refractivity contribution in [2.75, 3.05) is 23.9 Å². The van der Waals surface area contributed by atoms with Gasteiger partial charge in [0, 0.05) is 18.7 Å². The molecule has 1 rings (SSSR count). The van der Waals surface area contributed by atoms with Crippen LogP contribution in [0.25, 0.3) is 0 Å². The van der Waals surface area contributed by atoms with E-state index in [4.69, 9.17) is 10.6 Å². The Kier molecular flexibility index (Phi) is 6.68. The molecule has 0 saturated heterocycles. The topological polar surface area (TPSA) is 114 Å². The molecule has 0 aliphatic rings. The number of ether oxygens (including phenoxy) is 1. The molecule has 0 spiro atoms. The van der Waals surface area contributed by atoms with Crippen LogP contribution in [0.15, 0.2) is 6.07 Å². The summed E-state index contributed by atoms with van der Waals surface area (Å²) in [6, 6.07) is 1.72. The van der Waals surface area contributed by atoms with E-state index in [1.807, 2.05) is 20.8 Å². The van der Waals surface area contributed by atoms with Crippen LogP contribution in [0.1, 0.15) is 26.6 Å². The molecular formula is C12H22N6O2. The van der Waals surface area contributed by atoms with Crippen molar-refractivity contribution in [3.63, 3.8) is 0 Å². The zero-order valence-electron chi connectivity index (χ0n) is 12.1. The number of aromatic nitrogens is 2. The first-order valence-electron chi connectivity index (χ1n) is 6.50. The van der Waals surface area contributed by atoms with Crippen LogP contribution in [0.5, 0.6) is 0 Å². The van der Waals surface area contributed by atoms with Gasteiger partial charge < -0.3 is 20.8 Å². The maximum Gasteiger partial charge on any atom is 0.239 e. The summed E-state index contributed by atoms with van der Waals surface area (Å²) in [5, 5.41) is 5.71. The second kappa shape index (κ2) is 8.28. The third-order valence-corrected chi connectivity index (χ3v) is 2.24. The second-order valence-electron chi connectivity index (χ2n) is 4.41. The van der Waals surface area contributed by atoms with E-state index in [1.54, 1.807) is 6.07 Å². The van der Waals surface area contributed by atoms with Crippen molar-refractivity contribution in [3.05, 3.63) is 11.9 Å². The van der Waals surface area contributed by atoms with E-state index >= 15 is 0 Å². The van der Waals surface area contributed by atoms with Crippen molar-refractivity contribution >= 4 is 17.5 Å². The lowest BCUT2D eigenvalue weighted by Crippen LogP contribution is -2.35. The molecule has 1 heterocycles. The molecule has 0 unspecified atom stereocenters. The highest BCUT2D eigenvalue weighted by atomic mass is 16.5. The molecule has 112 valence electrons. The number of hydrazine groups is 1. The van der Waals surface area contributed by atoms with Crippen molar-refractivity contribution in [1.29, 1.82) is 0 Å². The van der Waals surface area contributed by atoms with Crippen LogP contribution in [0.3, 0.4) is 0 Å². The summed E-state index contributed by atoms with van der Waals surface area (Å²) in [4.78, 5) is 20.0. The number of carbonyl (C=O) groups excluding carboxylic acids is 1. The smallest absolute Gasteiger partial charge is 0.239 e. The summed E-state index contributed by atoms with van der Waals surface area (Å²) >= 11 is 0. The number of nitrogen functional groups attached to an aromatic ring is 1. The van der Waals surface area contributed by atoms with E-state index in [0.717, 1.165) is 0 Å². The lowest BCUT2D eigenvalue weighted by Gasteiger charge is -2.11. The molecule has 0 aromatic carbocycles. The Morgan fingerprint density at radius 1 is 1.40 bits per heavy atom. The standard InChI is InChI=1S/C12H22N6O2/c1-4-20-7-11-16-9(5-10(17-11)18-13)14-6-12(19)15-8(2)3/h5,8H,4,6-7,13H2,1-3H3,(H,15,19)(H2,14,16,17,18). The van der Waals surface area contributed by atoms with Gasteiger partial charge in [-0.1, -0.05) is 0 Å². The van der Waals surface area contributed by atoms with Crippen molar-refractivity contribution in [3.8, 4) is 0 Å².